The number of aryl methyl sites for hydroxylation is 1. The number of nitrogens with two attached hydrogens (primary N) is 1. The molecule has 1 atom stereocenters. The second kappa shape index (κ2) is 5.86. The number of aliphatic hydroxyl groups excluding tert-OH is 1. The summed E-state index contributed by atoms with van der Waals surface area (Å²) in [6, 6.07) is 5.36. The highest BCUT2D eigenvalue weighted by atomic mass is 16.5. The molecule has 102 valence electrons. The fourth-order valence-electron chi connectivity index (χ4n) is 2.01. The average molecular weight is 261 g/mol. The van der Waals surface area contributed by atoms with Gasteiger partial charge in [-0.15, -0.1) is 0 Å². The van der Waals surface area contributed by atoms with Gasteiger partial charge in [-0.2, -0.15) is 0 Å². The minimum atomic E-state index is -0.367. The van der Waals surface area contributed by atoms with Gasteiger partial charge in [-0.1, -0.05) is 6.07 Å². The van der Waals surface area contributed by atoms with E-state index in [9.17, 15) is 0 Å². The van der Waals surface area contributed by atoms with Crippen molar-refractivity contribution in [1.82, 2.24) is 9.55 Å². The summed E-state index contributed by atoms with van der Waals surface area (Å²) < 4.78 is 7.40. The number of aromatic nitrogens is 2. The second-order valence-electron chi connectivity index (χ2n) is 4.46. The normalized spacial score (nSPS) is 12.4. The van der Waals surface area contributed by atoms with Gasteiger partial charge in [0.25, 0.3) is 0 Å². The van der Waals surface area contributed by atoms with E-state index in [0.717, 1.165) is 22.7 Å². The van der Waals surface area contributed by atoms with E-state index in [0.29, 0.717) is 6.54 Å². The van der Waals surface area contributed by atoms with E-state index >= 15 is 0 Å². The molecule has 1 aromatic heterocycles. The van der Waals surface area contributed by atoms with Crippen molar-refractivity contribution in [2.45, 2.75) is 19.5 Å². The highest BCUT2D eigenvalue weighted by molar-refractivity contribution is 5.38. The molecule has 0 radical (unpaired) electrons. The average Bonchev–Trinajstić information content (AvgIpc) is 2.83. The zero-order chi connectivity index (χ0) is 13.8. The molecular formula is C14H19N3O2. The molecule has 0 saturated heterocycles. The second-order valence-corrected chi connectivity index (χ2v) is 4.46. The molecular weight excluding hydrogens is 242 g/mol. The smallest absolute Gasteiger partial charge is 0.123 e. The van der Waals surface area contributed by atoms with Gasteiger partial charge < -0.3 is 20.1 Å². The lowest BCUT2D eigenvalue weighted by Crippen LogP contribution is -2.15. The van der Waals surface area contributed by atoms with Gasteiger partial charge in [-0.3, -0.25) is 0 Å². The molecule has 0 aliphatic carbocycles. The Labute approximate surface area is 112 Å². The minimum Gasteiger partial charge on any atom is -0.496 e. The Morgan fingerprint density at radius 1 is 1.47 bits per heavy atom. The van der Waals surface area contributed by atoms with E-state index in [1.165, 1.54) is 0 Å². The number of nitrogens with zero attached hydrogens (tertiary/aromatic N) is 2. The van der Waals surface area contributed by atoms with E-state index in [1.807, 2.05) is 35.9 Å². The molecule has 1 heterocycles. The lowest BCUT2D eigenvalue weighted by Gasteiger charge is -2.15. The number of ether oxygens (including phenoxy) is 1. The molecule has 0 spiro atoms. The molecule has 0 fully saturated rings. The number of hydrogen-bond donors (Lipinski definition) is 2. The van der Waals surface area contributed by atoms with E-state index in [2.05, 4.69) is 4.98 Å². The Morgan fingerprint density at radius 2 is 2.26 bits per heavy atom. The molecule has 0 unspecified atom stereocenters. The number of hydrogen-bond acceptors (Lipinski definition) is 4. The van der Waals surface area contributed by atoms with Crippen LogP contribution in [0.25, 0.3) is 0 Å². The van der Waals surface area contributed by atoms with Crippen molar-refractivity contribution in [2.24, 2.45) is 5.73 Å². The van der Waals surface area contributed by atoms with Crippen LogP contribution in [-0.4, -0.2) is 28.4 Å². The van der Waals surface area contributed by atoms with Crippen molar-refractivity contribution in [2.75, 3.05) is 13.7 Å². The number of aliphatic hydroxyl groups is 1. The predicted molar refractivity (Wildman–Crippen MR) is 73.1 cm³/mol. The standard InChI is InChI=1S/C14H19N3O2/c1-10-16-5-6-17(10)8-12-7-11(13(15)9-18)3-4-14(12)19-2/h3-7,13,18H,8-9,15H2,1-2H3/t13-/m1/s1. The molecule has 0 aliphatic rings. The van der Waals surface area contributed by atoms with E-state index in [4.69, 9.17) is 15.6 Å². The Kier molecular flexibility index (Phi) is 4.19. The van der Waals surface area contributed by atoms with Crippen molar-refractivity contribution in [1.29, 1.82) is 0 Å². The third-order valence-electron chi connectivity index (χ3n) is 3.19. The van der Waals surface area contributed by atoms with Crippen LogP contribution in [0.3, 0.4) is 0 Å². The Balaban J connectivity index is 2.34. The lowest BCUT2D eigenvalue weighted by molar-refractivity contribution is 0.268. The van der Waals surface area contributed by atoms with Gasteiger partial charge in [-0.25, -0.2) is 4.98 Å². The van der Waals surface area contributed by atoms with Crippen LogP contribution in [0.5, 0.6) is 5.75 Å². The first-order valence-electron chi connectivity index (χ1n) is 6.16. The molecule has 19 heavy (non-hydrogen) atoms. The monoisotopic (exact) mass is 261 g/mol. The minimum absolute atomic E-state index is 0.0735. The topological polar surface area (TPSA) is 73.3 Å². The van der Waals surface area contributed by atoms with Crippen molar-refractivity contribution in [3.8, 4) is 5.75 Å². The van der Waals surface area contributed by atoms with Gasteiger partial charge in [0.2, 0.25) is 0 Å². The first-order chi connectivity index (χ1) is 9.15. The molecule has 2 aromatic rings. The SMILES string of the molecule is COc1ccc([C@H](N)CO)cc1Cn1ccnc1C. The molecule has 0 amide bonds. The number of rotatable bonds is 5. The molecule has 1 aromatic carbocycles. The summed E-state index contributed by atoms with van der Waals surface area (Å²) in [5, 5.41) is 9.13. The van der Waals surface area contributed by atoms with Gasteiger partial charge >= 0.3 is 0 Å². The Bertz CT molecular complexity index is 551. The van der Waals surface area contributed by atoms with Crippen LogP contribution >= 0.6 is 0 Å². The van der Waals surface area contributed by atoms with Crippen molar-refractivity contribution < 1.29 is 9.84 Å². The molecule has 0 saturated carbocycles. The van der Waals surface area contributed by atoms with Crippen LogP contribution < -0.4 is 10.5 Å². The van der Waals surface area contributed by atoms with Crippen LogP contribution in [0, 0.1) is 6.92 Å². The summed E-state index contributed by atoms with van der Waals surface area (Å²) in [7, 11) is 1.64. The summed E-state index contributed by atoms with van der Waals surface area (Å²) in [6.07, 6.45) is 3.69. The summed E-state index contributed by atoms with van der Waals surface area (Å²) in [6.45, 7) is 2.55. The van der Waals surface area contributed by atoms with Crippen LogP contribution in [0.1, 0.15) is 23.0 Å². The first kappa shape index (κ1) is 13.6. The fraction of sp³-hybridized carbons (Fsp3) is 0.357. The molecule has 5 heteroatoms. The zero-order valence-corrected chi connectivity index (χ0v) is 11.2. The van der Waals surface area contributed by atoms with Crippen molar-refractivity contribution in [3.63, 3.8) is 0 Å². The molecule has 5 nitrogen and oxygen atoms in total. The van der Waals surface area contributed by atoms with Crippen LogP contribution in [-0.2, 0) is 6.54 Å². The Morgan fingerprint density at radius 3 is 2.84 bits per heavy atom. The van der Waals surface area contributed by atoms with Gasteiger partial charge in [0.1, 0.15) is 11.6 Å². The third-order valence-corrected chi connectivity index (χ3v) is 3.19. The van der Waals surface area contributed by atoms with Gasteiger partial charge in [0, 0.05) is 18.0 Å². The zero-order valence-electron chi connectivity index (χ0n) is 11.2. The van der Waals surface area contributed by atoms with Gasteiger partial charge in [0.15, 0.2) is 0 Å². The van der Waals surface area contributed by atoms with Crippen LogP contribution in [0.2, 0.25) is 0 Å². The predicted octanol–water partition coefficient (Wildman–Crippen LogP) is 1.24. The molecule has 2 rings (SSSR count). The highest BCUT2D eigenvalue weighted by Crippen LogP contribution is 2.23. The maximum absolute atomic E-state index is 9.13. The summed E-state index contributed by atoms with van der Waals surface area (Å²) in [5.74, 6) is 1.75. The van der Waals surface area contributed by atoms with Gasteiger partial charge in [0.05, 0.1) is 26.3 Å². The van der Waals surface area contributed by atoms with Crippen LogP contribution in [0.4, 0.5) is 0 Å². The van der Waals surface area contributed by atoms with E-state index in [1.54, 1.807) is 13.3 Å². The molecule has 0 aliphatic heterocycles. The largest absolute Gasteiger partial charge is 0.496 e. The van der Waals surface area contributed by atoms with Crippen LogP contribution in [0.15, 0.2) is 30.6 Å². The fourth-order valence-corrected chi connectivity index (χ4v) is 2.01. The highest BCUT2D eigenvalue weighted by Gasteiger charge is 2.10. The Hall–Kier alpha value is -1.85. The van der Waals surface area contributed by atoms with Gasteiger partial charge in [-0.05, 0) is 24.6 Å². The van der Waals surface area contributed by atoms with Crippen molar-refractivity contribution in [3.05, 3.63) is 47.5 Å². The van der Waals surface area contributed by atoms with E-state index < -0.39 is 0 Å². The van der Waals surface area contributed by atoms with E-state index in [-0.39, 0.29) is 12.6 Å². The first-order valence-corrected chi connectivity index (χ1v) is 6.16. The molecule has 3 N–H and O–H groups in total. The maximum atomic E-state index is 9.13. The maximum Gasteiger partial charge on any atom is 0.123 e. The third kappa shape index (κ3) is 2.94. The van der Waals surface area contributed by atoms with Crippen molar-refractivity contribution >= 4 is 0 Å². The molecule has 0 bridgehead atoms. The lowest BCUT2D eigenvalue weighted by atomic mass is 10.0. The quantitative estimate of drug-likeness (QED) is 0.849. The number of benzene rings is 1. The summed E-state index contributed by atoms with van der Waals surface area (Å²) in [4.78, 5) is 4.20. The number of imidazole rings is 1. The summed E-state index contributed by atoms with van der Waals surface area (Å²) in [5.41, 5.74) is 7.77. The summed E-state index contributed by atoms with van der Waals surface area (Å²) >= 11 is 0. The number of methoxy groups -OCH3 is 1.